The quantitative estimate of drug-likeness (QED) is 0.918. The van der Waals surface area contributed by atoms with E-state index in [1.165, 1.54) is 0 Å². The number of amides is 1. The van der Waals surface area contributed by atoms with Crippen molar-refractivity contribution in [3.8, 4) is 0 Å². The first-order chi connectivity index (χ1) is 9.95. The van der Waals surface area contributed by atoms with Gasteiger partial charge in [-0.15, -0.1) is 11.3 Å². The van der Waals surface area contributed by atoms with Crippen LogP contribution in [0.15, 0.2) is 10.6 Å². The fourth-order valence-corrected chi connectivity index (χ4v) is 3.63. The maximum atomic E-state index is 12.7. The Morgan fingerprint density at radius 1 is 1.48 bits per heavy atom. The highest BCUT2D eigenvalue weighted by Crippen LogP contribution is 2.34. The molecule has 0 saturated carbocycles. The number of likely N-dealkylation sites (tertiary alicyclic amines) is 1. The van der Waals surface area contributed by atoms with E-state index in [9.17, 15) is 9.90 Å². The second-order valence-electron chi connectivity index (χ2n) is 5.37. The van der Waals surface area contributed by atoms with Gasteiger partial charge in [0, 0.05) is 22.7 Å². The monoisotopic (exact) mass is 307 g/mol. The highest BCUT2D eigenvalue weighted by atomic mass is 32.1. The summed E-state index contributed by atoms with van der Waals surface area (Å²) in [6.07, 6.45) is -0.138. The van der Waals surface area contributed by atoms with Crippen molar-refractivity contribution < 1.29 is 14.4 Å². The predicted octanol–water partition coefficient (Wildman–Crippen LogP) is 2.00. The number of hydrogen-bond acceptors (Lipinski definition) is 6. The number of aliphatic hydroxyl groups is 1. The van der Waals surface area contributed by atoms with Gasteiger partial charge in [-0.05, 0) is 26.8 Å². The fourth-order valence-electron chi connectivity index (χ4n) is 2.72. The molecule has 3 rings (SSSR count). The topological polar surface area (TPSA) is 79.5 Å². The largest absolute Gasteiger partial charge is 0.391 e. The molecular formula is C14H17N3O3S. The number of nitrogens with zero attached hydrogens (tertiary/aromatic N) is 3. The standard InChI is InChI=1S/C14H17N3O3S/c1-7-4-11(8(2)21-7)14(19)17-6-10(18)5-12(17)13-15-9(3)16-20-13/h4,10,12,18H,5-6H2,1-3H3/t10-,12+/m0/s1. The van der Waals surface area contributed by atoms with E-state index in [0.717, 1.165) is 9.75 Å². The predicted molar refractivity (Wildman–Crippen MR) is 77.2 cm³/mol. The number of aryl methyl sites for hydroxylation is 3. The Morgan fingerprint density at radius 2 is 2.24 bits per heavy atom. The van der Waals surface area contributed by atoms with Crippen molar-refractivity contribution in [3.05, 3.63) is 33.1 Å². The number of aliphatic hydroxyl groups excluding tert-OH is 1. The molecule has 21 heavy (non-hydrogen) atoms. The lowest BCUT2D eigenvalue weighted by Gasteiger charge is -2.21. The van der Waals surface area contributed by atoms with Crippen LogP contribution in [0.3, 0.4) is 0 Å². The molecule has 1 fully saturated rings. The third kappa shape index (κ3) is 2.58. The fraction of sp³-hybridized carbons (Fsp3) is 0.500. The molecule has 6 nitrogen and oxygen atoms in total. The van der Waals surface area contributed by atoms with Gasteiger partial charge in [-0.25, -0.2) is 0 Å². The number of carbonyl (C=O) groups is 1. The lowest BCUT2D eigenvalue weighted by atomic mass is 10.1. The summed E-state index contributed by atoms with van der Waals surface area (Å²) in [5.41, 5.74) is 0.688. The Morgan fingerprint density at radius 3 is 2.81 bits per heavy atom. The number of hydrogen-bond donors (Lipinski definition) is 1. The van der Waals surface area contributed by atoms with Crippen LogP contribution in [0.2, 0.25) is 0 Å². The molecule has 1 aliphatic heterocycles. The maximum absolute atomic E-state index is 12.7. The van der Waals surface area contributed by atoms with Gasteiger partial charge in [0.25, 0.3) is 5.91 Å². The Bertz CT molecular complexity index is 679. The Kier molecular flexibility index (Phi) is 3.54. The Hall–Kier alpha value is -1.73. The highest BCUT2D eigenvalue weighted by molar-refractivity contribution is 7.12. The van der Waals surface area contributed by atoms with Gasteiger partial charge in [0.15, 0.2) is 5.82 Å². The van der Waals surface area contributed by atoms with Crippen LogP contribution in [-0.4, -0.2) is 38.7 Å². The molecule has 0 aliphatic carbocycles. The van der Waals surface area contributed by atoms with Gasteiger partial charge in [0.2, 0.25) is 5.89 Å². The van der Waals surface area contributed by atoms with Crippen LogP contribution in [0.25, 0.3) is 0 Å². The number of carbonyl (C=O) groups excluding carboxylic acids is 1. The molecule has 2 atom stereocenters. The summed E-state index contributed by atoms with van der Waals surface area (Å²) in [4.78, 5) is 20.7. The summed E-state index contributed by atoms with van der Waals surface area (Å²) in [5.74, 6) is 0.831. The molecule has 7 heteroatoms. The molecule has 0 aromatic carbocycles. The lowest BCUT2D eigenvalue weighted by molar-refractivity contribution is 0.0693. The van der Waals surface area contributed by atoms with Crippen molar-refractivity contribution in [1.82, 2.24) is 15.0 Å². The van der Waals surface area contributed by atoms with E-state index in [1.807, 2.05) is 19.9 Å². The minimum absolute atomic E-state index is 0.0887. The number of aromatic nitrogens is 2. The van der Waals surface area contributed by atoms with E-state index in [-0.39, 0.29) is 11.9 Å². The highest BCUT2D eigenvalue weighted by Gasteiger charge is 2.39. The minimum Gasteiger partial charge on any atom is -0.391 e. The molecule has 1 saturated heterocycles. The van der Waals surface area contributed by atoms with E-state index in [1.54, 1.807) is 23.2 Å². The zero-order chi connectivity index (χ0) is 15.1. The zero-order valence-electron chi connectivity index (χ0n) is 12.2. The molecular weight excluding hydrogens is 290 g/mol. The van der Waals surface area contributed by atoms with E-state index >= 15 is 0 Å². The van der Waals surface area contributed by atoms with E-state index in [2.05, 4.69) is 10.1 Å². The Labute approximate surface area is 126 Å². The van der Waals surface area contributed by atoms with Crippen molar-refractivity contribution in [1.29, 1.82) is 0 Å². The normalized spacial score (nSPS) is 22.0. The van der Waals surface area contributed by atoms with Gasteiger partial charge in [-0.1, -0.05) is 5.16 Å². The number of β-amino-alcohol motifs (C(OH)–C–C–N with tert-alkyl or cyclic N) is 1. The first-order valence-electron chi connectivity index (χ1n) is 6.82. The van der Waals surface area contributed by atoms with E-state index < -0.39 is 6.10 Å². The molecule has 1 N–H and O–H groups in total. The molecule has 0 spiro atoms. The molecule has 0 radical (unpaired) electrons. The van der Waals surface area contributed by atoms with Crippen LogP contribution in [0, 0.1) is 20.8 Å². The molecule has 1 amide bonds. The van der Waals surface area contributed by atoms with Gasteiger partial charge < -0.3 is 14.5 Å². The third-order valence-electron chi connectivity index (χ3n) is 3.64. The smallest absolute Gasteiger partial charge is 0.255 e. The van der Waals surface area contributed by atoms with Gasteiger partial charge in [0.05, 0.1) is 11.7 Å². The van der Waals surface area contributed by atoms with E-state index in [0.29, 0.717) is 30.2 Å². The van der Waals surface area contributed by atoms with Crippen molar-refractivity contribution in [3.63, 3.8) is 0 Å². The summed E-state index contributed by atoms with van der Waals surface area (Å²) < 4.78 is 5.18. The average molecular weight is 307 g/mol. The average Bonchev–Trinajstić information content (AvgIpc) is 3.08. The SMILES string of the molecule is Cc1noc([C@H]2C[C@H](O)CN2C(=O)c2cc(C)sc2C)n1. The Balaban J connectivity index is 1.92. The molecule has 1 aliphatic rings. The second kappa shape index (κ2) is 5.23. The number of thiophene rings is 1. The molecule has 2 aromatic rings. The van der Waals surface area contributed by atoms with Gasteiger partial charge >= 0.3 is 0 Å². The van der Waals surface area contributed by atoms with Gasteiger partial charge in [0.1, 0.15) is 6.04 Å². The number of rotatable bonds is 2. The van der Waals surface area contributed by atoms with Crippen LogP contribution in [0.4, 0.5) is 0 Å². The van der Waals surface area contributed by atoms with Crippen molar-refractivity contribution in [2.45, 2.75) is 39.3 Å². The van der Waals surface area contributed by atoms with E-state index in [4.69, 9.17) is 4.52 Å². The lowest BCUT2D eigenvalue weighted by Crippen LogP contribution is -2.32. The minimum atomic E-state index is -0.564. The van der Waals surface area contributed by atoms with Crippen LogP contribution < -0.4 is 0 Å². The summed E-state index contributed by atoms with van der Waals surface area (Å²) in [6.45, 7) is 5.94. The van der Waals surface area contributed by atoms with Crippen molar-refractivity contribution in [2.75, 3.05) is 6.54 Å². The summed E-state index contributed by atoms with van der Waals surface area (Å²) >= 11 is 1.60. The molecule has 0 bridgehead atoms. The maximum Gasteiger partial charge on any atom is 0.255 e. The van der Waals surface area contributed by atoms with Crippen LogP contribution in [-0.2, 0) is 0 Å². The molecule has 0 unspecified atom stereocenters. The zero-order valence-corrected chi connectivity index (χ0v) is 13.0. The molecule has 112 valence electrons. The third-order valence-corrected chi connectivity index (χ3v) is 4.61. The molecule has 2 aromatic heterocycles. The first-order valence-corrected chi connectivity index (χ1v) is 7.63. The first kappa shape index (κ1) is 14.2. The summed E-state index contributed by atoms with van der Waals surface area (Å²) in [7, 11) is 0. The van der Waals surface area contributed by atoms with Crippen LogP contribution in [0.1, 0.15) is 44.3 Å². The van der Waals surface area contributed by atoms with Crippen molar-refractivity contribution in [2.24, 2.45) is 0 Å². The van der Waals surface area contributed by atoms with Crippen LogP contribution in [0.5, 0.6) is 0 Å². The summed E-state index contributed by atoms with van der Waals surface area (Å²) in [5, 5.41) is 13.7. The molecule has 3 heterocycles. The van der Waals surface area contributed by atoms with Crippen LogP contribution >= 0.6 is 11.3 Å². The van der Waals surface area contributed by atoms with Gasteiger partial charge in [-0.2, -0.15) is 4.98 Å². The van der Waals surface area contributed by atoms with Crippen molar-refractivity contribution >= 4 is 17.2 Å². The summed E-state index contributed by atoms with van der Waals surface area (Å²) in [6, 6.07) is 1.54. The van der Waals surface area contributed by atoms with Gasteiger partial charge in [-0.3, -0.25) is 4.79 Å². The second-order valence-corrected chi connectivity index (χ2v) is 6.83.